The van der Waals surface area contributed by atoms with E-state index < -0.39 is 17.3 Å². The summed E-state index contributed by atoms with van der Waals surface area (Å²) < 4.78 is 37.4. The number of benzene rings is 4. The van der Waals surface area contributed by atoms with Crippen molar-refractivity contribution < 1.29 is 12.3 Å². The topological polar surface area (TPSA) is 9.23 Å². The molecule has 0 aliphatic carbocycles. The van der Waals surface area contributed by atoms with Gasteiger partial charge >= 0.3 is 8.99 Å². The Bertz CT molecular complexity index is 947. The van der Waals surface area contributed by atoms with Crippen LogP contribution in [0, 0.1) is 0 Å². The molecule has 1 nitrogen and oxygen atoms in total. The first-order valence-corrected chi connectivity index (χ1v) is 13.0. The predicted molar refractivity (Wildman–Crippen MR) is 119 cm³/mol. The highest BCUT2D eigenvalue weighted by Crippen LogP contribution is 2.19. The third kappa shape index (κ3) is 3.85. The second-order valence-electron chi connectivity index (χ2n) is 6.76. The van der Waals surface area contributed by atoms with Crippen LogP contribution in [0.4, 0.5) is 8.22 Å². The minimum absolute atomic E-state index is 0.0142. The summed E-state index contributed by atoms with van der Waals surface area (Å²) in [5, 5.41) is 2.40. The van der Waals surface area contributed by atoms with Crippen molar-refractivity contribution in [1.82, 2.24) is 0 Å². The van der Waals surface area contributed by atoms with Crippen LogP contribution >= 0.6 is 0 Å². The van der Waals surface area contributed by atoms with E-state index in [9.17, 15) is 0 Å². The van der Waals surface area contributed by atoms with Crippen molar-refractivity contribution >= 4 is 38.0 Å². The van der Waals surface area contributed by atoms with Gasteiger partial charge in [-0.1, -0.05) is 121 Å². The van der Waals surface area contributed by atoms with E-state index in [1.807, 2.05) is 91.0 Å². The van der Waals surface area contributed by atoms with E-state index in [1.165, 1.54) is 12.1 Å². The predicted octanol–water partition coefficient (Wildman–Crippen LogP) is 3.46. The number of hydrogen-bond donors (Lipinski definition) is 0. The van der Waals surface area contributed by atoms with Crippen molar-refractivity contribution in [2.24, 2.45) is 0 Å². The van der Waals surface area contributed by atoms with Gasteiger partial charge in [0.05, 0.1) is 0 Å². The van der Waals surface area contributed by atoms with Crippen molar-refractivity contribution in [1.29, 1.82) is 0 Å². The summed E-state index contributed by atoms with van der Waals surface area (Å²) in [7, 11) is -8.63. The van der Waals surface area contributed by atoms with Gasteiger partial charge in [-0.2, -0.15) is 0 Å². The lowest BCUT2D eigenvalue weighted by Gasteiger charge is -2.35. The molecule has 144 valence electrons. The van der Waals surface area contributed by atoms with Crippen molar-refractivity contribution in [2.75, 3.05) is 0 Å². The van der Waals surface area contributed by atoms with E-state index in [-0.39, 0.29) is 5.19 Å². The number of rotatable bonds is 6. The van der Waals surface area contributed by atoms with Gasteiger partial charge in [0, 0.05) is 5.19 Å². The highest BCUT2D eigenvalue weighted by Gasteiger charge is 2.53. The second kappa shape index (κ2) is 8.25. The molecule has 4 aromatic carbocycles. The van der Waals surface area contributed by atoms with Crippen LogP contribution in [0.5, 0.6) is 0 Å². The summed E-state index contributed by atoms with van der Waals surface area (Å²) in [5.74, 6) is 0. The fourth-order valence-corrected chi connectivity index (χ4v) is 10.6. The van der Waals surface area contributed by atoms with E-state index in [2.05, 4.69) is 0 Å². The maximum atomic E-state index is 15.7. The molecular formula is C24H20F2OSi2. The molecule has 0 unspecified atom stereocenters. The van der Waals surface area contributed by atoms with Gasteiger partial charge in [-0.15, -0.1) is 0 Å². The summed E-state index contributed by atoms with van der Waals surface area (Å²) in [6.07, 6.45) is 0. The lowest BCUT2D eigenvalue weighted by Crippen LogP contribution is -2.73. The van der Waals surface area contributed by atoms with Crippen LogP contribution in [0.3, 0.4) is 0 Å². The molecule has 0 aliphatic heterocycles. The molecule has 0 fully saturated rings. The third-order valence-corrected chi connectivity index (χ3v) is 11.6. The molecule has 0 amide bonds. The van der Waals surface area contributed by atoms with Crippen LogP contribution in [0.1, 0.15) is 0 Å². The number of halogens is 2. The SMILES string of the molecule is F[Si](F)(O[Si](c1ccccc1)(c1ccccc1)c1ccccc1)c1ccccc1. The van der Waals surface area contributed by atoms with Gasteiger partial charge in [-0.3, -0.25) is 0 Å². The van der Waals surface area contributed by atoms with Crippen molar-refractivity contribution in [2.45, 2.75) is 0 Å². The Balaban J connectivity index is 1.98. The zero-order chi connectivity index (χ0) is 20.2. The van der Waals surface area contributed by atoms with Crippen LogP contribution in [-0.2, 0) is 4.12 Å². The largest absolute Gasteiger partial charge is 0.604 e. The van der Waals surface area contributed by atoms with E-state index >= 15 is 8.22 Å². The monoisotopic (exact) mass is 418 g/mol. The lowest BCUT2D eigenvalue weighted by molar-refractivity contribution is 0.404. The molecule has 0 N–H and O–H groups in total. The average Bonchev–Trinajstić information content (AvgIpc) is 2.80. The Morgan fingerprint density at radius 2 is 0.690 bits per heavy atom. The maximum absolute atomic E-state index is 15.7. The van der Waals surface area contributed by atoms with Gasteiger partial charge in [0.25, 0.3) is 8.32 Å². The second-order valence-corrected chi connectivity index (χ2v) is 12.3. The van der Waals surface area contributed by atoms with Crippen LogP contribution in [0.25, 0.3) is 0 Å². The van der Waals surface area contributed by atoms with Crippen molar-refractivity contribution in [3.8, 4) is 0 Å². The molecule has 4 rings (SSSR count). The van der Waals surface area contributed by atoms with Crippen LogP contribution in [0.15, 0.2) is 121 Å². The molecular weight excluding hydrogens is 398 g/mol. The normalized spacial score (nSPS) is 11.9. The summed E-state index contributed by atoms with van der Waals surface area (Å²) in [4.78, 5) is 0. The molecule has 0 aromatic heterocycles. The smallest absolute Gasteiger partial charge is 0.394 e. The molecule has 5 heteroatoms. The van der Waals surface area contributed by atoms with E-state index in [0.717, 1.165) is 15.6 Å². The van der Waals surface area contributed by atoms with E-state index in [1.54, 1.807) is 18.2 Å². The fraction of sp³-hybridized carbons (Fsp3) is 0. The highest BCUT2D eigenvalue weighted by molar-refractivity contribution is 7.10. The molecule has 0 radical (unpaired) electrons. The first kappa shape index (κ1) is 19.5. The molecule has 0 aliphatic rings. The summed E-state index contributed by atoms with van der Waals surface area (Å²) >= 11 is 0. The Kier molecular flexibility index (Phi) is 5.53. The van der Waals surface area contributed by atoms with Crippen LogP contribution in [-0.4, -0.2) is 17.3 Å². The van der Waals surface area contributed by atoms with Crippen LogP contribution in [0.2, 0.25) is 0 Å². The molecule has 29 heavy (non-hydrogen) atoms. The zero-order valence-corrected chi connectivity index (χ0v) is 17.7. The Hall–Kier alpha value is -2.87. The zero-order valence-electron chi connectivity index (χ0n) is 15.7. The molecule has 0 spiro atoms. The summed E-state index contributed by atoms with van der Waals surface area (Å²) in [5.41, 5.74) is 0. The van der Waals surface area contributed by atoms with Gasteiger partial charge < -0.3 is 4.12 Å². The Morgan fingerprint density at radius 1 is 0.414 bits per heavy atom. The minimum atomic E-state index is -5.20. The fourth-order valence-electron chi connectivity index (χ4n) is 3.58. The number of hydrogen-bond acceptors (Lipinski definition) is 1. The first-order valence-electron chi connectivity index (χ1n) is 9.43. The van der Waals surface area contributed by atoms with Gasteiger partial charge in [-0.05, 0) is 15.6 Å². The maximum Gasteiger partial charge on any atom is 0.604 e. The van der Waals surface area contributed by atoms with Gasteiger partial charge in [0.1, 0.15) is 0 Å². The standard InChI is InChI=1S/C24H20F2OSi2/c25-29(26,24-19-11-4-12-20-24)27-28(21-13-5-1-6-14-21,22-15-7-2-8-16-22)23-17-9-3-10-18-23/h1-20H. The van der Waals surface area contributed by atoms with E-state index in [4.69, 9.17) is 4.12 Å². The third-order valence-electron chi connectivity index (χ3n) is 4.93. The van der Waals surface area contributed by atoms with Crippen molar-refractivity contribution in [3.05, 3.63) is 121 Å². The summed E-state index contributed by atoms with van der Waals surface area (Å²) in [6, 6.07) is 36.4. The van der Waals surface area contributed by atoms with Gasteiger partial charge in [0.2, 0.25) is 0 Å². The van der Waals surface area contributed by atoms with Crippen LogP contribution < -0.4 is 20.7 Å². The van der Waals surface area contributed by atoms with Crippen molar-refractivity contribution in [3.63, 3.8) is 0 Å². The molecule has 0 saturated heterocycles. The average molecular weight is 419 g/mol. The molecule has 0 heterocycles. The molecule has 0 atom stereocenters. The molecule has 4 aromatic rings. The Morgan fingerprint density at radius 3 is 1.00 bits per heavy atom. The summed E-state index contributed by atoms with van der Waals surface area (Å²) in [6.45, 7) is 0. The van der Waals surface area contributed by atoms with Gasteiger partial charge in [0.15, 0.2) is 0 Å². The lowest BCUT2D eigenvalue weighted by atomic mass is 10.3. The highest BCUT2D eigenvalue weighted by atomic mass is 28.5. The van der Waals surface area contributed by atoms with E-state index in [0.29, 0.717) is 0 Å². The molecule has 0 saturated carbocycles. The van der Waals surface area contributed by atoms with Gasteiger partial charge in [-0.25, -0.2) is 8.22 Å². The quantitative estimate of drug-likeness (QED) is 0.265. The Labute approximate surface area is 171 Å². The minimum Gasteiger partial charge on any atom is -0.394 e. The first-order chi connectivity index (χ1) is 14.1. The molecule has 0 bridgehead atoms.